The van der Waals surface area contributed by atoms with E-state index in [1.54, 1.807) is 0 Å². The first kappa shape index (κ1) is 16.7. The number of halogens is 1. The monoisotopic (exact) mass is 289 g/mol. The lowest BCUT2D eigenvalue weighted by atomic mass is 10.2. The number of carbonyl (C=O) groups is 1. The van der Waals surface area contributed by atoms with E-state index in [0.717, 1.165) is 39.1 Å². The standard InChI is InChI=1S/C14H27N3O.ClH/c1-12(2)10-17(13-4-5-13)14(18)11-16-8-3-6-15-7-9-16;/h12-13,15H,3-11H2,1-2H3;1H. The molecule has 2 aliphatic rings. The summed E-state index contributed by atoms with van der Waals surface area (Å²) in [5.41, 5.74) is 0. The molecule has 4 nitrogen and oxygen atoms in total. The molecule has 0 bridgehead atoms. The molecular formula is C14H28ClN3O. The zero-order valence-electron chi connectivity index (χ0n) is 12.2. The average molecular weight is 290 g/mol. The molecule has 1 saturated heterocycles. The summed E-state index contributed by atoms with van der Waals surface area (Å²) in [6.45, 7) is 10.1. The Balaban J connectivity index is 0.00000180. The van der Waals surface area contributed by atoms with Crippen molar-refractivity contribution in [2.75, 3.05) is 39.3 Å². The molecule has 1 amide bonds. The molecule has 1 aliphatic heterocycles. The maximum Gasteiger partial charge on any atom is 0.237 e. The lowest BCUT2D eigenvalue weighted by Gasteiger charge is -2.28. The van der Waals surface area contributed by atoms with Crippen LogP contribution in [-0.4, -0.2) is 61.0 Å². The van der Waals surface area contributed by atoms with E-state index in [9.17, 15) is 4.79 Å². The Morgan fingerprint density at radius 1 is 1.32 bits per heavy atom. The number of carbonyl (C=O) groups excluding carboxylic acids is 1. The normalized spacial score (nSPS) is 20.8. The molecule has 1 aliphatic carbocycles. The van der Waals surface area contributed by atoms with Crippen molar-refractivity contribution in [2.24, 2.45) is 5.92 Å². The molecule has 0 atom stereocenters. The number of nitrogens with zero attached hydrogens (tertiary/aromatic N) is 2. The van der Waals surface area contributed by atoms with Crippen LogP contribution in [-0.2, 0) is 4.79 Å². The van der Waals surface area contributed by atoms with Crippen LogP contribution in [0.15, 0.2) is 0 Å². The predicted octanol–water partition coefficient (Wildman–Crippen LogP) is 1.35. The third kappa shape index (κ3) is 5.67. The highest BCUT2D eigenvalue weighted by atomic mass is 35.5. The fourth-order valence-electron chi connectivity index (χ4n) is 2.58. The van der Waals surface area contributed by atoms with Crippen molar-refractivity contribution < 1.29 is 4.79 Å². The van der Waals surface area contributed by atoms with E-state index >= 15 is 0 Å². The number of hydrogen-bond acceptors (Lipinski definition) is 3. The fourth-order valence-corrected chi connectivity index (χ4v) is 2.58. The number of nitrogens with one attached hydrogen (secondary N) is 1. The molecule has 2 fully saturated rings. The minimum Gasteiger partial charge on any atom is -0.338 e. The van der Waals surface area contributed by atoms with Crippen LogP contribution < -0.4 is 5.32 Å². The summed E-state index contributed by atoms with van der Waals surface area (Å²) in [6, 6.07) is 0.546. The Kier molecular flexibility index (Phi) is 7.11. The smallest absolute Gasteiger partial charge is 0.237 e. The van der Waals surface area contributed by atoms with Crippen molar-refractivity contribution in [2.45, 2.75) is 39.2 Å². The SMILES string of the molecule is CC(C)CN(C(=O)CN1CCCNCC1)C1CC1.Cl. The topological polar surface area (TPSA) is 35.6 Å². The van der Waals surface area contributed by atoms with Gasteiger partial charge in [0.05, 0.1) is 6.54 Å². The van der Waals surface area contributed by atoms with Crippen molar-refractivity contribution in [3.63, 3.8) is 0 Å². The highest BCUT2D eigenvalue weighted by Crippen LogP contribution is 2.27. The van der Waals surface area contributed by atoms with Crippen LogP contribution in [0.5, 0.6) is 0 Å². The van der Waals surface area contributed by atoms with Crippen molar-refractivity contribution >= 4 is 18.3 Å². The summed E-state index contributed by atoms with van der Waals surface area (Å²) in [4.78, 5) is 16.8. The molecular weight excluding hydrogens is 262 g/mol. The second-order valence-corrected chi connectivity index (χ2v) is 6.05. The Morgan fingerprint density at radius 2 is 2.05 bits per heavy atom. The molecule has 0 aromatic rings. The minimum atomic E-state index is 0. The summed E-state index contributed by atoms with van der Waals surface area (Å²) < 4.78 is 0. The van der Waals surface area contributed by atoms with Gasteiger partial charge >= 0.3 is 0 Å². The zero-order chi connectivity index (χ0) is 13.0. The van der Waals surface area contributed by atoms with Crippen molar-refractivity contribution in [1.29, 1.82) is 0 Å². The molecule has 1 heterocycles. The molecule has 112 valence electrons. The number of hydrogen-bond donors (Lipinski definition) is 1. The van der Waals surface area contributed by atoms with Gasteiger partial charge in [0.25, 0.3) is 0 Å². The molecule has 19 heavy (non-hydrogen) atoms. The van der Waals surface area contributed by atoms with Gasteiger partial charge < -0.3 is 10.2 Å². The summed E-state index contributed by atoms with van der Waals surface area (Å²) in [5.74, 6) is 0.911. The predicted molar refractivity (Wildman–Crippen MR) is 80.7 cm³/mol. The van der Waals surface area contributed by atoms with E-state index in [0.29, 0.717) is 24.4 Å². The summed E-state index contributed by atoms with van der Waals surface area (Å²) in [6.07, 6.45) is 3.57. The van der Waals surface area contributed by atoms with Crippen LogP contribution >= 0.6 is 12.4 Å². The Bertz CT molecular complexity index is 274. The van der Waals surface area contributed by atoms with E-state index in [2.05, 4.69) is 29.0 Å². The minimum absolute atomic E-state index is 0. The summed E-state index contributed by atoms with van der Waals surface area (Å²) >= 11 is 0. The zero-order valence-corrected chi connectivity index (χ0v) is 13.0. The fraction of sp³-hybridized carbons (Fsp3) is 0.929. The quantitative estimate of drug-likeness (QED) is 0.830. The molecule has 1 N–H and O–H groups in total. The molecule has 1 saturated carbocycles. The first-order chi connectivity index (χ1) is 8.66. The third-order valence-electron chi connectivity index (χ3n) is 3.66. The first-order valence-electron chi connectivity index (χ1n) is 7.39. The second kappa shape index (κ2) is 8.08. The lowest BCUT2D eigenvalue weighted by Crippen LogP contribution is -2.44. The van der Waals surface area contributed by atoms with Gasteiger partial charge in [-0.25, -0.2) is 0 Å². The number of amides is 1. The van der Waals surface area contributed by atoms with Gasteiger partial charge in [-0.05, 0) is 38.3 Å². The van der Waals surface area contributed by atoms with Gasteiger partial charge in [0.2, 0.25) is 5.91 Å². The number of rotatable bonds is 5. The summed E-state index contributed by atoms with van der Waals surface area (Å²) in [7, 11) is 0. The van der Waals surface area contributed by atoms with Gasteiger partial charge in [-0.3, -0.25) is 9.69 Å². The maximum atomic E-state index is 12.4. The molecule has 0 radical (unpaired) electrons. The van der Waals surface area contributed by atoms with Gasteiger partial charge in [-0.15, -0.1) is 12.4 Å². The Morgan fingerprint density at radius 3 is 2.68 bits per heavy atom. The largest absolute Gasteiger partial charge is 0.338 e. The van der Waals surface area contributed by atoms with Gasteiger partial charge in [-0.1, -0.05) is 13.8 Å². The van der Waals surface area contributed by atoms with E-state index in [1.807, 2.05) is 0 Å². The molecule has 0 unspecified atom stereocenters. The van der Waals surface area contributed by atoms with Crippen LogP contribution in [0.4, 0.5) is 0 Å². The molecule has 5 heteroatoms. The van der Waals surface area contributed by atoms with Gasteiger partial charge in [0, 0.05) is 25.7 Å². The van der Waals surface area contributed by atoms with Crippen LogP contribution in [0, 0.1) is 5.92 Å². The highest BCUT2D eigenvalue weighted by Gasteiger charge is 2.33. The van der Waals surface area contributed by atoms with E-state index in [-0.39, 0.29) is 12.4 Å². The maximum absolute atomic E-state index is 12.4. The van der Waals surface area contributed by atoms with E-state index < -0.39 is 0 Å². The van der Waals surface area contributed by atoms with Crippen molar-refractivity contribution in [1.82, 2.24) is 15.1 Å². The van der Waals surface area contributed by atoms with Crippen LogP contribution in [0.1, 0.15) is 33.1 Å². The summed E-state index contributed by atoms with van der Waals surface area (Å²) in [5, 5.41) is 3.38. The van der Waals surface area contributed by atoms with Crippen molar-refractivity contribution in [3.05, 3.63) is 0 Å². The van der Waals surface area contributed by atoms with E-state index in [4.69, 9.17) is 0 Å². The van der Waals surface area contributed by atoms with E-state index in [1.165, 1.54) is 12.8 Å². The molecule has 0 spiro atoms. The highest BCUT2D eigenvalue weighted by molar-refractivity contribution is 5.85. The molecule has 0 aromatic carbocycles. The van der Waals surface area contributed by atoms with Crippen LogP contribution in [0.25, 0.3) is 0 Å². The Labute approximate surface area is 123 Å². The lowest BCUT2D eigenvalue weighted by molar-refractivity contribution is -0.133. The average Bonchev–Trinajstić information content (AvgIpc) is 3.13. The van der Waals surface area contributed by atoms with Gasteiger partial charge in [0.1, 0.15) is 0 Å². The van der Waals surface area contributed by atoms with Crippen LogP contribution in [0.2, 0.25) is 0 Å². The first-order valence-corrected chi connectivity index (χ1v) is 7.39. The second-order valence-electron chi connectivity index (χ2n) is 6.05. The van der Waals surface area contributed by atoms with Gasteiger partial charge in [0.15, 0.2) is 0 Å². The third-order valence-corrected chi connectivity index (χ3v) is 3.66. The van der Waals surface area contributed by atoms with Crippen LogP contribution in [0.3, 0.4) is 0 Å². The Hall–Kier alpha value is -0.320. The molecule has 0 aromatic heterocycles. The van der Waals surface area contributed by atoms with Crippen molar-refractivity contribution in [3.8, 4) is 0 Å². The molecule has 2 rings (SSSR count). The van der Waals surface area contributed by atoms with Gasteiger partial charge in [-0.2, -0.15) is 0 Å².